The number of ether oxygens (including phenoxy) is 1. The molecule has 0 saturated carbocycles. The van der Waals surface area contributed by atoms with Crippen molar-refractivity contribution in [2.24, 2.45) is 11.8 Å². The lowest BCUT2D eigenvalue weighted by Crippen LogP contribution is -2.30. The number of aryl methyl sites for hydroxylation is 1. The van der Waals surface area contributed by atoms with Gasteiger partial charge in [-0.3, -0.25) is 4.90 Å². The zero-order valence-electron chi connectivity index (χ0n) is 14.5. The van der Waals surface area contributed by atoms with Crippen LogP contribution >= 0.6 is 0 Å². The number of fused-ring (bicyclic) bond motifs is 1. The number of methoxy groups -OCH3 is 1. The fraction of sp³-hybridized carbons (Fsp3) is 0.474. The molecule has 3 heterocycles. The van der Waals surface area contributed by atoms with Gasteiger partial charge in [-0.15, -0.1) is 0 Å². The third-order valence-corrected chi connectivity index (χ3v) is 5.51. The Hall–Kier alpha value is -2.14. The van der Waals surface area contributed by atoms with Gasteiger partial charge in [0.1, 0.15) is 0 Å². The molecule has 24 heavy (non-hydrogen) atoms. The molecule has 3 atom stereocenters. The van der Waals surface area contributed by atoms with E-state index in [4.69, 9.17) is 4.74 Å². The van der Waals surface area contributed by atoms with Crippen molar-refractivity contribution in [2.45, 2.75) is 13.0 Å². The second-order valence-electron chi connectivity index (χ2n) is 6.97. The molecule has 1 aromatic carbocycles. The van der Waals surface area contributed by atoms with E-state index in [1.165, 1.54) is 11.1 Å². The van der Waals surface area contributed by atoms with Crippen LogP contribution in [0.3, 0.4) is 0 Å². The van der Waals surface area contributed by atoms with E-state index in [1.54, 1.807) is 19.4 Å². The Morgan fingerprint density at radius 2 is 1.96 bits per heavy atom. The molecule has 0 unspecified atom stereocenters. The van der Waals surface area contributed by atoms with Gasteiger partial charge >= 0.3 is 0 Å². The number of likely N-dealkylation sites (tertiary alicyclic amines) is 1. The molecule has 2 saturated heterocycles. The Bertz CT molecular complexity index is 735. The van der Waals surface area contributed by atoms with Crippen molar-refractivity contribution in [1.82, 2.24) is 14.9 Å². The standard InChI is InChI=1S/C19H24N4O/c1-13-6-4-5-7-15(13)18-16-12-23(11-14(16)10-22(18)2)19-20-9-8-17(21-19)24-3/h4-9,14,16,18H,10-12H2,1-3H3/t14-,16+,18+/m0/s1. The number of benzene rings is 1. The molecule has 0 radical (unpaired) electrons. The summed E-state index contributed by atoms with van der Waals surface area (Å²) in [5, 5.41) is 0. The number of nitrogens with zero attached hydrogens (tertiary/aromatic N) is 4. The molecular formula is C19H24N4O. The minimum absolute atomic E-state index is 0.479. The van der Waals surface area contributed by atoms with E-state index >= 15 is 0 Å². The monoisotopic (exact) mass is 324 g/mol. The molecule has 2 fully saturated rings. The molecule has 5 heteroatoms. The average Bonchev–Trinajstić information content (AvgIpc) is 3.12. The van der Waals surface area contributed by atoms with E-state index in [2.05, 4.69) is 58.0 Å². The normalized spacial score (nSPS) is 26.6. The Balaban J connectivity index is 1.60. The Morgan fingerprint density at radius 3 is 2.75 bits per heavy atom. The molecule has 126 valence electrons. The zero-order chi connectivity index (χ0) is 16.7. The van der Waals surface area contributed by atoms with E-state index in [-0.39, 0.29) is 0 Å². The summed E-state index contributed by atoms with van der Waals surface area (Å²) in [6, 6.07) is 11.0. The second-order valence-corrected chi connectivity index (χ2v) is 6.97. The summed E-state index contributed by atoms with van der Waals surface area (Å²) in [5.74, 6) is 2.69. The average molecular weight is 324 g/mol. The lowest BCUT2D eigenvalue weighted by molar-refractivity contribution is 0.278. The van der Waals surface area contributed by atoms with Crippen LogP contribution < -0.4 is 9.64 Å². The SMILES string of the molecule is COc1ccnc(N2C[C@@H]3CN(C)[C@H](c4ccccc4C)[C@@H]3C2)n1. The van der Waals surface area contributed by atoms with Gasteiger partial charge in [-0.25, -0.2) is 4.98 Å². The molecule has 0 bridgehead atoms. The van der Waals surface area contributed by atoms with Crippen molar-refractivity contribution in [3.05, 3.63) is 47.7 Å². The number of aromatic nitrogens is 2. The molecular weight excluding hydrogens is 300 g/mol. The largest absolute Gasteiger partial charge is 0.481 e. The van der Waals surface area contributed by atoms with Crippen LogP contribution in [0.4, 0.5) is 5.95 Å². The maximum absolute atomic E-state index is 5.25. The summed E-state index contributed by atoms with van der Waals surface area (Å²) in [6.45, 7) is 5.37. The highest BCUT2D eigenvalue weighted by Gasteiger charge is 2.47. The fourth-order valence-corrected chi connectivity index (χ4v) is 4.41. The van der Waals surface area contributed by atoms with Crippen molar-refractivity contribution >= 4 is 5.95 Å². The highest BCUT2D eigenvalue weighted by atomic mass is 16.5. The van der Waals surface area contributed by atoms with Crippen LogP contribution in [-0.2, 0) is 0 Å². The molecule has 4 rings (SSSR count). The maximum Gasteiger partial charge on any atom is 0.228 e. The van der Waals surface area contributed by atoms with E-state index in [0.29, 0.717) is 23.8 Å². The molecule has 0 aliphatic carbocycles. The lowest BCUT2D eigenvalue weighted by Gasteiger charge is -2.28. The highest BCUT2D eigenvalue weighted by molar-refractivity contribution is 5.37. The van der Waals surface area contributed by atoms with Crippen LogP contribution in [0.25, 0.3) is 0 Å². The first-order valence-corrected chi connectivity index (χ1v) is 8.55. The second kappa shape index (κ2) is 6.06. The van der Waals surface area contributed by atoms with Crippen molar-refractivity contribution in [2.75, 3.05) is 38.7 Å². The van der Waals surface area contributed by atoms with Gasteiger partial charge in [0.2, 0.25) is 11.8 Å². The molecule has 5 nitrogen and oxygen atoms in total. The van der Waals surface area contributed by atoms with Crippen LogP contribution in [0, 0.1) is 18.8 Å². The van der Waals surface area contributed by atoms with Gasteiger partial charge in [0.15, 0.2) is 0 Å². The first kappa shape index (κ1) is 15.4. The zero-order valence-corrected chi connectivity index (χ0v) is 14.5. The molecule has 2 aliphatic rings. The van der Waals surface area contributed by atoms with Crippen molar-refractivity contribution in [3.63, 3.8) is 0 Å². The van der Waals surface area contributed by atoms with Crippen LogP contribution in [-0.4, -0.2) is 48.7 Å². The predicted molar refractivity (Wildman–Crippen MR) is 94.3 cm³/mol. The topological polar surface area (TPSA) is 41.5 Å². The minimum Gasteiger partial charge on any atom is -0.481 e. The van der Waals surface area contributed by atoms with Gasteiger partial charge in [-0.1, -0.05) is 24.3 Å². The Kier molecular flexibility index (Phi) is 3.88. The van der Waals surface area contributed by atoms with Crippen LogP contribution in [0.2, 0.25) is 0 Å². The van der Waals surface area contributed by atoms with Crippen LogP contribution in [0.5, 0.6) is 5.88 Å². The van der Waals surface area contributed by atoms with Gasteiger partial charge < -0.3 is 9.64 Å². The smallest absolute Gasteiger partial charge is 0.228 e. The number of rotatable bonds is 3. The molecule has 0 amide bonds. The number of hydrogen-bond donors (Lipinski definition) is 0. The summed E-state index contributed by atoms with van der Waals surface area (Å²) < 4.78 is 5.25. The first-order chi connectivity index (χ1) is 11.7. The van der Waals surface area contributed by atoms with Gasteiger partial charge in [-0.05, 0) is 31.0 Å². The van der Waals surface area contributed by atoms with E-state index < -0.39 is 0 Å². The highest BCUT2D eigenvalue weighted by Crippen LogP contribution is 2.45. The van der Waals surface area contributed by atoms with Gasteiger partial charge in [0.25, 0.3) is 0 Å². The van der Waals surface area contributed by atoms with E-state index in [0.717, 1.165) is 25.6 Å². The molecule has 2 aromatic rings. The third-order valence-electron chi connectivity index (χ3n) is 5.51. The summed E-state index contributed by atoms with van der Waals surface area (Å²) in [6.07, 6.45) is 1.78. The van der Waals surface area contributed by atoms with Crippen molar-refractivity contribution in [3.8, 4) is 5.88 Å². The lowest BCUT2D eigenvalue weighted by atomic mass is 9.88. The van der Waals surface area contributed by atoms with E-state index in [9.17, 15) is 0 Å². The predicted octanol–water partition coefficient (Wildman–Crippen LogP) is 2.53. The maximum atomic E-state index is 5.25. The van der Waals surface area contributed by atoms with E-state index in [1.807, 2.05) is 0 Å². The summed E-state index contributed by atoms with van der Waals surface area (Å²) in [4.78, 5) is 13.8. The summed E-state index contributed by atoms with van der Waals surface area (Å²) in [7, 11) is 3.90. The molecule has 0 spiro atoms. The summed E-state index contributed by atoms with van der Waals surface area (Å²) >= 11 is 0. The fourth-order valence-electron chi connectivity index (χ4n) is 4.41. The number of anilines is 1. The Labute approximate surface area is 143 Å². The quantitative estimate of drug-likeness (QED) is 0.868. The minimum atomic E-state index is 0.479. The molecule has 0 N–H and O–H groups in total. The van der Waals surface area contributed by atoms with Gasteiger partial charge in [-0.2, -0.15) is 4.98 Å². The van der Waals surface area contributed by atoms with Crippen LogP contribution in [0.1, 0.15) is 17.2 Å². The molecule has 1 aromatic heterocycles. The van der Waals surface area contributed by atoms with Gasteiger partial charge in [0.05, 0.1) is 7.11 Å². The third kappa shape index (κ3) is 2.53. The Morgan fingerprint density at radius 1 is 1.12 bits per heavy atom. The molecule has 2 aliphatic heterocycles. The van der Waals surface area contributed by atoms with Crippen molar-refractivity contribution < 1.29 is 4.74 Å². The van der Waals surface area contributed by atoms with Crippen molar-refractivity contribution in [1.29, 1.82) is 0 Å². The number of hydrogen-bond acceptors (Lipinski definition) is 5. The first-order valence-electron chi connectivity index (χ1n) is 8.55. The van der Waals surface area contributed by atoms with Gasteiger partial charge in [0, 0.05) is 43.9 Å². The van der Waals surface area contributed by atoms with Crippen LogP contribution in [0.15, 0.2) is 36.5 Å². The summed E-state index contributed by atoms with van der Waals surface area (Å²) in [5.41, 5.74) is 2.84.